The van der Waals surface area contributed by atoms with Crippen molar-refractivity contribution in [2.24, 2.45) is 0 Å². The van der Waals surface area contributed by atoms with Crippen molar-refractivity contribution < 1.29 is 0 Å². The van der Waals surface area contributed by atoms with Gasteiger partial charge in [-0.25, -0.2) is 4.98 Å². The van der Waals surface area contributed by atoms with Crippen molar-refractivity contribution in [1.82, 2.24) is 24.5 Å². The van der Waals surface area contributed by atoms with Gasteiger partial charge in [-0.2, -0.15) is 5.10 Å². The Morgan fingerprint density at radius 3 is 3.17 bits per heavy atom. The quantitative estimate of drug-likeness (QED) is 0.711. The van der Waals surface area contributed by atoms with Crippen LogP contribution < -0.4 is 5.32 Å². The summed E-state index contributed by atoms with van der Waals surface area (Å²) in [5, 5.41) is 9.67. The van der Waals surface area contributed by atoms with E-state index in [1.165, 1.54) is 5.69 Å². The number of thiazole rings is 1. The summed E-state index contributed by atoms with van der Waals surface area (Å²) in [5.41, 5.74) is 2.35. The van der Waals surface area contributed by atoms with E-state index in [1.807, 2.05) is 16.9 Å². The first-order chi connectivity index (χ1) is 8.84. The normalized spacial score (nSPS) is 11.4. The lowest BCUT2D eigenvalue weighted by molar-refractivity contribution is 0.550. The molecular weight excluding hydrogens is 246 g/mol. The fourth-order valence-electron chi connectivity index (χ4n) is 1.99. The minimum absolute atomic E-state index is 0.838. The monoisotopic (exact) mass is 261 g/mol. The number of hydrogen-bond acceptors (Lipinski definition) is 4. The van der Waals surface area contributed by atoms with E-state index in [2.05, 4.69) is 38.3 Å². The number of fused-ring (bicyclic) bond motifs is 1. The minimum atomic E-state index is 0.838. The van der Waals surface area contributed by atoms with Crippen LogP contribution in [-0.4, -0.2) is 25.7 Å². The Bertz CT molecular complexity index is 622. The average Bonchev–Trinajstić information content (AvgIpc) is 3.03. The van der Waals surface area contributed by atoms with Gasteiger partial charge in [0.15, 0.2) is 4.96 Å². The number of nitrogens with zero attached hydrogens (tertiary/aromatic N) is 4. The van der Waals surface area contributed by atoms with Crippen LogP contribution in [0.15, 0.2) is 30.0 Å². The molecule has 0 atom stereocenters. The molecule has 0 fully saturated rings. The zero-order valence-corrected chi connectivity index (χ0v) is 11.0. The van der Waals surface area contributed by atoms with Crippen molar-refractivity contribution in [3.8, 4) is 0 Å². The van der Waals surface area contributed by atoms with Crippen LogP contribution in [-0.2, 0) is 13.1 Å². The van der Waals surface area contributed by atoms with E-state index in [-0.39, 0.29) is 0 Å². The van der Waals surface area contributed by atoms with Gasteiger partial charge in [-0.1, -0.05) is 0 Å². The van der Waals surface area contributed by atoms with Crippen molar-refractivity contribution in [2.75, 3.05) is 6.54 Å². The van der Waals surface area contributed by atoms with Crippen LogP contribution >= 0.6 is 11.3 Å². The number of rotatable bonds is 5. The fourth-order valence-corrected chi connectivity index (χ4v) is 2.77. The second kappa shape index (κ2) is 4.91. The van der Waals surface area contributed by atoms with Crippen LogP contribution in [0, 0.1) is 6.92 Å². The van der Waals surface area contributed by atoms with Gasteiger partial charge in [0.1, 0.15) is 0 Å². The van der Waals surface area contributed by atoms with E-state index in [0.29, 0.717) is 0 Å². The average molecular weight is 261 g/mol. The molecule has 6 heteroatoms. The first kappa shape index (κ1) is 11.4. The van der Waals surface area contributed by atoms with Crippen LogP contribution in [0.3, 0.4) is 0 Å². The molecule has 0 spiro atoms. The highest BCUT2D eigenvalue weighted by Gasteiger charge is 2.08. The van der Waals surface area contributed by atoms with Gasteiger partial charge in [0.05, 0.1) is 17.9 Å². The standard InChI is InChI=1S/C12H15N5S/c1-10-11(17-7-8-18-12(17)15-10)9-13-4-6-16-5-2-3-14-16/h2-3,5,7-8,13H,4,6,9H2,1H3. The maximum Gasteiger partial charge on any atom is 0.194 e. The van der Waals surface area contributed by atoms with Crippen LogP contribution in [0.4, 0.5) is 0 Å². The van der Waals surface area contributed by atoms with Gasteiger partial charge < -0.3 is 5.32 Å². The summed E-state index contributed by atoms with van der Waals surface area (Å²) >= 11 is 1.67. The lowest BCUT2D eigenvalue weighted by atomic mass is 10.3. The molecule has 0 bridgehead atoms. The van der Waals surface area contributed by atoms with Gasteiger partial charge in [-0.15, -0.1) is 11.3 Å². The molecule has 3 aromatic heterocycles. The van der Waals surface area contributed by atoms with Crippen molar-refractivity contribution in [2.45, 2.75) is 20.0 Å². The van der Waals surface area contributed by atoms with Crippen molar-refractivity contribution in [1.29, 1.82) is 0 Å². The second-order valence-corrected chi connectivity index (χ2v) is 5.02. The topological polar surface area (TPSA) is 47.1 Å². The first-order valence-electron chi connectivity index (χ1n) is 5.94. The molecule has 0 aliphatic heterocycles. The number of imidazole rings is 1. The number of nitrogens with one attached hydrogen (secondary N) is 1. The maximum absolute atomic E-state index is 4.53. The molecule has 0 saturated heterocycles. The second-order valence-electron chi connectivity index (χ2n) is 4.15. The predicted octanol–water partition coefficient (Wildman–Crippen LogP) is 1.69. The molecule has 0 amide bonds. The van der Waals surface area contributed by atoms with Gasteiger partial charge in [0.2, 0.25) is 0 Å². The zero-order valence-electron chi connectivity index (χ0n) is 10.2. The van der Waals surface area contributed by atoms with E-state index >= 15 is 0 Å². The molecule has 3 rings (SSSR count). The Balaban J connectivity index is 1.59. The molecule has 5 nitrogen and oxygen atoms in total. The fraction of sp³-hybridized carbons (Fsp3) is 0.333. The van der Waals surface area contributed by atoms with Gasteiger partial charge in [0.25, 0.3) is 0 Å². The van der Waals surface area contributed by atoms with Gasteiger partial charge in [-0.3, -0.25) is 9.08 Å². The maximum atomic E-state index is 4.53. The van der Waals surface area contributed by atoms with Crippen LogP contribution in [0.25, 0.3) is 4.96 Å². The molecule has 0 radical (unpaired) electrons. The predicted molar refractivity (Wildman–Crippen MR) is 71.7 cm³/mol. The molecule has 0 aliphatic rings. The summed E-state index contributed by atoms with van der Waals surface area (Å²) < 4.78 is 4.08. The SMILES string of the molecule is Cc1nc2sccn2c1CNCCn1cccn1. The Labute approximate surface area is 109 Å². The zero-order chi connectivity index (χ0) is 12.4. The third-order valence-electron chi connectivity index (χ3n) is 2.93. The largest absolute Gasteiger partial charge is 0.309 e. The molecule has 18 heavy (non-hydrogen) atoms. The van der Waals surface area contributed by atoms with Crippen molar-refractivity contribution in [3.63, 3.8) is 0 Å². The van der Waals surface area contributed by atoms with Crippen molar-refractivity contribution >= 4 is 16.3 Å². The Morgan fingerprint density at radius 1 is 1.39 bits per heavy atom. The summed E-state index contributed by atoms with van der Waals surface area (Å²) in [7, 11) is 0. The summed E-state index contributed by atoms with van der Waals surface area (Å²) in [6, 6.07) is 1.94. The molecule has 94 valence electrons. The van der Waals surface area contributed by atoms with Gasteiger partial charge >= 0.3 is 0 Å². The lowest BCUT2D eigenvalue weighted by Crippen LogP contribution is -2.20. The molecule has 3 aromatic rings. The third kappa shape index (κ3) is 2.16. The lowest BCUT2D eigenvalue weighted by Gasteiger charge is -2.05. The summed E-state index contributed by atoms with van der Waals surface area (Å²) in [6.07, 6.45) is 5.85. The number of aryl methyl sites for hydroxylation is 1. The van der Waals surface area contributed by atoms with Gasteiger partial charge in [-0.05, 0) is 13.0 Å². The smallest absolute Gasteiger partial charge is 0.194 e. The van der Waals surface area contributed by atoms with E-state index in [4.69, 9.17) is 0 Å². The highest BCUT2D eigenvalue weighted by molar-refractivity contribution is 7.15. The van der Waals surface area contributed by atoms with Crippen LogP contribution in [0.1, 0.15) is 11.4 Å². The Kier molecular flexibility index (Phi) is 3.12. The molecule has 0 saturated carbocycles. The van der Waals surface area contributed by atoms with E-state index in [0.717, 1.165) is 30.3 Å². The van der Waals surface area contributed by atoms with E-state index in [9.17, 15) is 0 Å². The summed E-state index contributed by atoms with van der Waals surface area (Å²) in [5.74, 6) is 0. The molecule has 1 N–H and O–H groups in total. The third-order valence-corrected chi connectivity index (χ3v) is 3.69. The van der Waals surface area contributed by atoms with E-state index < -0.39 is 0 Å². The Morgan fingerprint density at radius 2 is 2.33 bits per heavy atom. The van der Waals surface area contributed by atoms with Crippen LogP contribution in [0.2, 0.25) is 0 Å². The minimum Gasteiger partial charge on any atom is -0.309 e. The number of aromatic nitrogens is 4. The molecule has 0 aromatic carbocycles. The number of hydrogen-bond donors (Lipinski definition) is 1. The van der Waals surface area contributed by atoms with Crippen molar-refractivity contribution in [3.05, 3.63) is 41.4 Å². The molecule has 3 heterocycles. The molecule has 0 unspecified atom stereocenters. The van der Waals surface area contributed by atoms with Gasteiger partial charge in [0, 0.05) is 37.1 Å². The highest BCUT2D eigenvalue weighted by Crippen LogP contribution is 2.16. The summed E-state index contributed by atoms with van der Waals surface area (Å²) in [4.78, 5) is 5.59. The van der Waals surface area contributed by atoms with E-state index in [1.54, 1.807) is 17.5 Å². The Hall–Kier alpha value is -1.66. The first-order valence-corrected chi connectivity index (χ1v) is 6.82. The highest BCUT2D eigenvalue weighted by atomic mass is 32.1. The van der Waals surface area contributed by atoms with Crippen LogP contribution in [0.5, 0.6) is 0 Å². The molecule has 0 aliphatic carbocycles. The summed E-state index contributed by atoms with van der Waals surface area (Å²) in [6.45, 7) is 4.69. The molecular formula is C12H15N5S.